The zero-order valence-corrected chi connectivity index (χ0v) is 12.7. The first-order valence-electron chi connectivity index (χ1n) is 7.49. The van der Waals surface area contributed by atoms with Crippen molar-refractivity contribution in [1.82, 2.24) is 10.2 Å². The highest BCUT2D eigenvalue weighted by Gasteiger charge is 2.55. The molecule has 24 heavy (non-hydrogen) atoms. The Hall–Kier alpha value is -2.38. The van der Waals surface area contributed by atoms with E-state index in [2.05, 4.69) is 0 Å². The fourth-order valence-electron chi connectivity index (χ4n) is 3.45. The van der Waals surface area contributed by atoms with E-state index in [-0.39, 0.29) is 6.42 Å². The van der Waals surface area contributed by atoms with E-state index in [9.17, 15) is 27.6 Å². The molecule has 1 spiro atoms. The zero-order valence-electron chi connectivity index (χ0n) is 12.7. The Labute approximate surface area is 135 Å². The van der Waals surface area contributed by atoms with Crippen LogP contribution in [0.25, 0.3) is 0 Å². The van der Waals surface area contributed by atoms with Crippen LogP contribution in [-0.2, 0) is 26.2 Å². The van der Waals surface area contributed by atoms with Gasteiger partial charge in [-0.05, 0) is 24.0 Å². The molecule has 2 aliphatic rings. The van der Waals surface area contributed by atoms with Crippen molar-refractivity contribution in [2.45, 2.75) is 30.9 Å². The van der Waals surface area contributed by atoms with Crippen molar-refractivity contribution in [2.24, 2.45) is 0 Å². The Morgan fingerprint density at radius 1 is 1.25 bits per heavy atom. The minimum Gasteiger partial charge on any atom is -0.345 e. The molecular formula is C16H15F3N2O3. The number of hydrogen-bond acceptors (Lipinski definition) is 3. The Kier molecular flexibility index (Phi) is 3.85. The fraction of sp³-hybridized carbons (Fsp3) is 0.438. The van der Waals surface area contributed by atoms with E-state index in [1.807, 2.05) is 12.1 Å². The van der Waals surface area contributed by atoms with Crippen molar-refractivity contribution in [2.75, 3.05) is 13.1 Å². The number of nitrogens with zero attached hydrogens (tertiary/aromatic N) is 1. The SMILES string of the molecule is O=C(CN1C(=O)C[C@]2(CCc3ccccc32)C1=O)NCC(F)(F)F. The highest BCUT2D eigenvalue weighted by atomic mass is 19.4. The van der Waals surface area contributed by atoms with Gasteiger partial charge in [0.25, 0.3) is 0 Å². The number of halogens is 3. The summed E-state index contributed by atoms with van der Waals surface area (Å²) in [5.74, 6) is -2.03. The van der Waals surface area contributed by atoms with Crippen LogP contribution in [0.3, 0.4) is 0 Å². The van der Waals surface area contributed by atoms with Gasteiger partial charge >= 0.3 is 6.18 Å². The smallest absolute Gasteiger partial charge is 0.345 e. The summed E-state index contributed by atoms with van der Waals surface area (Å²) in [6.45, 7) is -2.17. The number of amides is 3. The van der Waals surface area contributed by atoms with E-state index < -0.39 is 42.4 Å². The molecule has 1 N–H and O–H groups in total. The standard InChI is InChI=1S/C16H15F3N2O3/c17-16(18,19)9-20-12(22)8-21-13(23)7-15(14(21)24)6-5-10-3-1-2-4-11(10)15/h1-4H,5-9H2,(H,20,22)/t15-/m0/s1. The van der Waals surface area contributed by atoms with E-state index in [1.54, 1.807) is 17.4 Å². The number of imide groups is 1. The minimum atomic E-state index is -4.54. The molecule has 0 bridgehead atoms. The molecule has 1 aromatic carbocycles. The van der Waals surface area contributed by atoms with Gasteiger partial charge in [-0.3, -0.25) is 19.3 Å². The van der Waals surface area contributed by atoms with Crippen molar-refractivity contribution in [3.05, 3.63) is 35.4 Å². The molecule has 0 unspecified atom stereocenters. The minimum absolute atomic E-state index is 0.0462. The van der Waals surface area contributed by atoms with E-state index in [0.717, 1.165) is 16.0 Å². The Balaban J connectivity index is 1.75. The molecule has 1 atom stereocenters. The van der Waals surface area contributed by atoms with E-state index >= 15 is 0 Å². The molecule has 3 amide bonds. The molecule has 0 radical (unpaired) electrons. The number of carbonyl (C=O) groups is 3. The quantitative estimate of drug-likeness (QED) is 0.844. The van der Waals surface area contributed by atoms with Gasteiger partial charge in [0, 0.05) is 6.42 Å². The highest BCUT2D eigenvalue weighted by molar-refractivity contribution is 6.11. The highest BCUT2D eigenvalue weighted by Crippen LogP contribution is 2.46. The van der Waals surface area contributed by atoms with Crippen LogP contribution in [0.4, 0.5) is 13.2 Å². The third-order valence-electron chi connectivity index (χ3n) is 4.55. The van der Waals surface area contributed by atoms with E-state index in [0.29, 0.717) is 12.8 Å². The van der Waals surface area contributed by atoms with Gasteiger partial charge in [-0.1, -0.05) is 24.3 Å². The van der Waals surface area contributed by atoms with Crippen LogP contribution in [0.1, 0.15) is 24.0 Å². The second-order valence-electron chi connectivity index (χ2n) is 6.09. The number of benzene rings is 1. The van der Waals surface area contributed by atoms with Gasteiger partial charge < -0.3 is 5.32 Å². The average Bonchev–Trinajstić information content (AvgIpc) is 2.99. The maximum atomic E-state index is 12.7. The first-order chi connectivity index (χ1) is 11.2. The number of nitrogens with one attached hydrogen (secondary N) is 1. The van der Waals surface area contributed by atoms with E-state index in [4.69, 9.17) is 0 Å². The van der Waals surface area contributed by atoms with Crippen LogP contribution in [0.2, 0.25) is 0 Å². The third kappa shape index (κ3) is 2.76. The molecule has 128 valence electrons. The first kappa shape index (κ1) is 16.5. The summed E-state index contributed by atoms with van der Waals surface area (Å²) in [6.07, 6.45) is -3.46. The Morgan fingerprint density at radius 2 is 1.96 bits per heavy atom. The number of carbonyl (C=O) groups excluding carboxylic acids is 3. The molecule has 0 saturated carbocycles. The van der Waals surface area contributed by atoms with Crippen molar-refractivity contribution < 1.29 is 27.6 Å². The molecule has 1 aliphatic carbocycles. The first-order valence-corrected chi connectivity index (χ1v) is 7.49. The van der Waals surface area contributed by atoms with Crippen LogP contribution in [-0.4, -0.2) is 41.9 Å². The predicted octanol–water partition coefficient (Wildman–Crippen LogP) is 1.31. The van der Waals surface area contributed by atoms with Gasteiger partial charge in [-0.2, -0.15) is 13.2 Å². The summed E-state index contributed by atoms with van der Waals surface area (Å²) in [5, 5.41) is 1.68. The summed E-state index contributed by atoms with van der Waals surface area (Å²) in [5.41, 5.74) is 0.793. The van der Waals surface area contributed by atoms with Crippen LogP contribution in [0, 0.1) is 0 Å². The molecule has 5 nitrogen and oxygen atoms in total. The van der Waals surface area contributed by atoms with Crippen LogP contribution >= 0.6 is 0 Å². The lowest BCUT2D eigenvalue weighted by Gasteiger charge is -2.22. The Morgan fingerprint density at radius 3 is 2.67 bits per heavy atom. The summed E-state index contributed by atoms with van der Waals surface area (Å²) in [6, 6.07) is 7.31. The van der Waals surface area contributed by atoms with Gasteiger partial charge in [0.15, 0.2) is 0 Å². The summed E-state index contributed by atoms with van der Waals surface area (Å²) in [7, 11) is 0. The normalized spacial score (nSPS) is 23.0. The van der Waals surface area contributed by atoms with Crippen molar-refractivity contribution in [1.29, 1.82) is 0 Å². The number of hydrogen-bond donors (Lipinski definition) is 1. The number of alkyl halides is 3. The third-order valence-corrected chi connectivity index (χ3v) is 4.55. The fourth-order valence-corrected chi connectivity index (χ4v) is 3.45. The second-order valence-corrected chi connectivity index (χ2v) is 6.09. The number of rotatable bonds is 3. The summed E-state index contributed by atoms with van der Waals surface area (Å²) < 4.78 is 36.4. The van der Waals surface area contributed by atoms with Crippen molar-refractivity contribution in [3.63, 3.8) is 0 Å². The lowest BCUT2D eigenvalue weighted by molar-refractivity contribution is -0.146. The Bertz CT molecular complexity index is 717. The van der Waals surface area contributed by atoms with Crippen molar-refractivity contribution in [3.8, 4) is 0 Å². The number of likely N-dealkylation sites (tertiary alicyclic amines) is 1. The van der Waals surface area contributed by atoms with Gasteiger partial charge in [0.1, 0.15) is 13.1 Å². The van der Waals surface area contributed by atoms with Gasteiger partial charge in [0.2, 0.25) is 17.7 Å². The largest absolute Gasteiger partial charge is 0.405 e. The lowest BCUT2D eigenvalue weighted by atomic mass is 9.80. The number of fused-ring (bicyclic) bond motifs is 2. The molecule has 1 heterocycles. The maximum Gasteiger partial charge on any atom is 0.405 e. The summed E-state index contributed by atoms with van der Waals surface area (Å²) in [4.78, 5) is 37.3. The maximum absolute atomic E-state index is 12.7. The van der Waals surface area contributed by atoms with Gasteiger partial charge in [-0.15, -0.1) is 0 Å². The van der Waals surface area contributed by atoms with Crippen LogP contribution < -0.4 is 5.32 Å². The average molecular weight is 340 g/mol. The van der Waals surface area contributed by atoms with Crippen molar-refractivity contribution >= 4 is 17.7 Å². The molecule has 1 saturated heterocycles. The monoisotopic (exact) mass is 340 g/mol. The van der Waals surface area contributed by atoms with Gasteiger partial charge in [-0.25, -0.2) is 0 Å². The van der Waals surface area contributed by atoms with Gasteiger partial charge in [0.05, 0.1) is 5.41 Å². The molecule has 1 aliphatic heterocycles. The predicted molar refractivity (Wildman–Crippen MR) is 76.8 cm³/mol. The molecule has 3 rings (SSSR count). The second kappa shape index (κ2) is 5.61. The molecule has 1 aromatic rings. The van der Waals surface area contributed by atoms with E-state index in [1.165, 1.54) is 0 Å². The number of aryl methyl sites for hydroxylation is 1. The molecule has 8 heteroatoms. The summed E-state index contributed by atoms with van der Waals surface area (Å²) >= 11 is 0. The molecular weight excluding hydrogens is 325 g/mol. The molecule has 0 aromatic heterocycles. The molecule has 1 fully saturated rings. The van der Waals surface area contributed by atoms with Crippen LogP contribution in [0.15, 0.2) is 24.3 Å². The topological polar surface area (TPSA) is 66.5 Å². The zero-order chi connectivity index (χ0) is 17.5. The lowest BCUT2D eigenvalue weighted by Crippen LogP contribution is -2.45. The van der Waals surface area contributed by atoms with Crippen LogP contribution in [0.5, 0.6) is 0 Å².